The second-order valence-corrected chi connectivity index (χ2v) is 5.15. The number of hydrogen-bond acceptors (Lipinski definition) is 6. The zero-order valence-corrected chi connectivity index (χ0v) is 12.4. The highest BCUT2D eigenvalue weighted by Crippen LogP contribution is 2.22. The molecule has 1 aromatic rings. The number of pyridine rings is 1. The monoisotopic (exact) mass is 283 g/mol. The lowest BCUT2D eigenvalue weighted by Crippen LogP contribution is -2.19. The van der Waals surface area contributed by atoms with Crippen molar-refractivity contribution in [2.75, 3.05) is 29.7 Å². The Morgan fingerprint density at radius 2 is 2.37 bits per heavy atom. The summed E-state index contributed by atoms with van der Waals surface area (Å²) in [7, 11) is 0. The number of anilines is 2. The van der Waals surface area contributed by atoms with Crippen molar-refractivity contribution >= 4 is 29.2 Å². The number of rotatable bonds is 7. The van der Waals surface area contributed by atoms with Gasteiger partial charge in [0.1, 0.15) is 5.82 Å². The molecule has 19 heavy (non-hydrogen) atoms. The van der Waals surface area contributed by atoms with Gasteiger partial charge >= 0.3 is 5.97 Å². The topological polar surface area (TPSA) is 77.2 Å². The van der Waals surface area contributed by atoms with Crippen LogP contribution < -0.4 is 11.1 Å². The molecule has 0 saturated carbocycles. The molecule has 1 aromatic heterocycles. The second-order valence-electron chi connectivity index (χ2n) is 4.17. The Morgan fingerprint density at radius 3 is 3.00 bits per heavy atom. The van der Waals surface area contributed by atoms with Crippen LogP contribution in [0, 0.1) is 0 Å². The molecule has 1 unspecified atom stereocenters. The summed E-state index contributed by atoms with van der Waals surface area (Å²) in [6, 6.07) is 1.82. The summed E-state index contributed by atoms with van der Waals surface area (Å²) >= 11 is 1.79. The number of ether oxygens (including phenoxy) is 1. The van der Waals surface area contributed by atoms with E-state index in [2.05, 4.69) is 23.5 Å². The molecule has 5 nitrogen and oxygen atoms in total. The lowest BCUT2D eigenvalue weighted by Gasteiger charge is -2.16. The highest BCUT2D eigenvalue weighted by Gasteiger charge is 2.15. The molecule has 0 fully saturated rings. The van der Waals surface area contributed by atoms with Crippen LogP contribution in [-0.4, -0.2) is 35.6 Å². The quantitative estimate of drug-likeness (QED) is 0.748. The number of carbonyl (C=O) groups is 1. The first-order valence-corrected chi connectivity index (χ1v) is 7.66. The molecule has 0 spiro atoms. The molecule has 1 atom stereocenters. The SMILES string of the molecule is CCOC(=O)c1ccnc(NC(C)CCSC)c1N. The van der Waals surface area contributed by atoms with Crippen LogP contribution in [0.1, 0.15) is 30.6 Å². The first-order valence-electron chi connectivity index (χ1n) is 6.27. The smallest absolute Gasteiger partial charge is 0.340 e. The predicted molar refractivity (Wildman–Crippen MR) is 80.7 cm³/mol. The van der Waals surface area contributed by atoms with E-state index in [-0.39, 0.29) is 6.04 Å². The number of nitrogens with two attached hydrogens (primary N) is 1. The summed E-state index contributed by atoms with van der Waals surface area (Å²) in [5.74, 6) is 1.19. The van der Waals surface area contributed by atoms with Crippen LogP contribution in [0.15, 0.2) is 12.3 Å². The zero-order valence-electron chi connectivity index (χ0n) is 11.6. The zero-order chi connectivity index (χ0) is 14.3. The van der Waals surface area contributed by atoms with Crippen molar-refractivity contribution in [3.8, 4) is 0 Å². The maximum Gasteiger partial charge on any atom is 0.340 e. The molecule has 6 heteroatoms. The average molecular weight is 283 g/mol. The Kier molecular flexibility index (Phi) is 6.49. The molecular weight excluding hydrogens is 262 g/mol. The Morgan fingerprint density at radius 1 is 1.63 bits per heavy atom. The van der Waals surface area contributed by atoms with Crippen molar-refractivity contribution in [2.45, 2.75) is 26.3 Å². The third-order valence-electron chi connectivity index (χ3n) is 2.62. The molecular formula is C13H21N3O2S. The van der Waals surface area contributed by atoms with Gasteiger partial charge in [-0.1, -0.05) is 0 Å². The number of thioether (sulfide) groups is 1. The number of hydrogen-bond donors (Lipinski definition) is 2. The Labute approximate surface area is 118 Å². The third-order valence-corrected chi connectivity index (χ3v) is 3.27. The highest BCUT2D eigenvalue weighted by atomic mass is 32.2. The molecule has 0 aliphatic heterocycles. The van der Waals surface area contributed by atoms with Gasteiger partial charge in [0.05, 0.1) is 17.9 Å². The predicted octanol–water partition coefficient (Wildman–Crippen LogP) is 2.39. The van der Waals surface area contributed by atoms with Crippen LogP contribution in [0.25, 0.3) is 0 Å². The van der Waals surface area contributed by atoms with Gasteiger partial charge in [-0.25, -0.2) is 9.78 Å². The van der Waals surface area contributed by atoms with E-state index in [0.717, 1.165) is 12.2 Å². The molecule has 3 N–H and O–H groups in total. The van der Waals surface area contributed by atoms with Gasteiger partial charge in [-0.3, -0.25) is 0 Å². The summed E-state index contributed by atoms with van der Waals surface area (Å²) < 4.78 is 4.96. The van der Waals surface area contributed by atoms with Crippen LogP contribution in [-0.2, 0) is 4.74 Å². The van der Waals surface area contributed by atoms with Crippen molar-refractivity contribution in [3.63, 3.8) is 0 Å². The summed E-state index contributed by atoms with van der Waals surface area (Å²) in [5, 5.41) is 3.23. The van der Waals surface area contributed by atoms with Crippen LogP contribution in [0.2, 0.25) is 0 Å². The van der Waals surface area contributed by atoms with E-state index in [1.165, 1.54) is 0 Å². The standard InChI is InChI=1S/C13H21N3O2S/c1-4-18-13(17)10-5-7-15-12(11(10)14)16-9(2)6-8-19-3/h5,7,9H,4,6,8,14H2,1-3H3,(H,15,16). The lowest BCUT2D eigenvalue weighted by atomic mass is 10.2. The van der Waals surface area contributed by atoms with Gasteiger partial charge in [0.25, 0.3) is 0 Å². The number of nitrogens with zero attached hydrogens (tertiary/aromatic N) is 1. The Balaban J connectivity index is 2.79. The van der Waals surface area contributed by atoms with E-state index in [9.17, 15) is 4.79 Å². The molecule has 0 aromatic carbocycles. The summed E-state index contributed by atoms with van der Waals surface area (Å²) in [5.41, 5.74) is 6.66. The van der Waals surface area contributed by atoms with E-state index >= 15 is 0 Å². The van der Waals surface area contributed by atoms with Gasteiger partial charge in [0, 0.05) is 12.2 Å². The summed E-state index contributed by atoms with van der Waals surface area (Å²) in [6.07, 6.45) is 4.64. The van der Waals surface area contributed by atoms with E-state index in [0.29, 0.717) is 23.7 Å². The fraction of sp³-hybridized carbons (Fsp3) is 0.538. The normalized spacial score (nSPS) is 11.9. The van der Waals surface area contributed by atoms with Crippen molar-refractivity contribution in [1.29, 1.82) is 0 Å². The first kappa shape index (κ1) is 15.6. The maximum atomic E-state index is 11.7. The molecule has 0 saturated heterocycles. The minimum Gasteiger partial charge on any atom is -0.462 e. The number of nitrogens with one attached hydrogen (secondary N) is 1. The first-order chi connectivity index (χ1) is 9.10. The fourth-order valence-electron chi connectivity index (χ4n) is 1.58. The van der Waals surface area contributed by atoms with E-state index in [1.54, 1.807) is 30.9 Å². The third kappa shape index (κ3) is 4.63. The van der Waals surface area contributed by atoms with Crippen molar-refractivity contribution < 1.29 is 9.53 Å². The Bertz CT molecular complexity index is 426. The van der Waals surface area contributed by atoms with E-state index in [1.807, 2.05) is 0 Å². The number of aromatic nitrogens is 1. The molecule has 0 aliphatic rings. The van der Waals surface area contributed by atoms with Gasteiger partial charge in [0.15, 0.2) is 0 Å². The van der Waals surface area contributed by atoms with Crippen molar-refractivity contribution in [2.24, 2.45) is 0 Å². The molecule has 1 rings (SSSR count). The van der Waals surface area contributed by atoms with Crippen LogP contribution in [0.3, 0.4) is 0 Å². The van der Waals surface area contributed by atoms with Crippen LogP contribution in [0.4, 0.5) is 11.5 Å². The van der Waals surface area contributed by atoms with Gasteiger partial charge in [-0.2, -0.15) is 11.8 Å². The van der Waals surface area contributed by atoms with Crippen LogP contribution in [0.5, 0.6) is 0 Å². The molecule has 0 amide bonds. The highest BCUT2D eigenvalue weighted by molar-refractivity contribution is 7.98. The van der Waals surface area contributed by atoms with Crippen molar-refractivity contribution in [1.82, 2.24) is 4.98 Å². The van der Waals surface area contributed by atoms with E-state index < -0.39 is 5.97 Å². The number of esters is 1. The fourth-order valence-corrected chi connectivity index (χ4v) is 2.16. The molecule has 106 valence electrons. The molecule has 1 heterocycles. The molecule has 0 radical (unpaired) electrons. The lowest BCUT2D eigenvalue weighted by molar-refractivity contribution is 0.0527. The van der Waals surface area contributed by atoms with Gasteiger partial charge in [-0.05, 0) is 38.3 Å². The van der Waals surface area contributed by atoms with Crippen molar-refractivity contribution in [3.05, 3.63) is 17.8 Å². The van der Waals surface area contributed by atoms with Gasteiger partial charge in [-0.15, -0.1) is 0 Å². The van der Waals surface area contributed by atoms with Gasteiger partial charge in [0.2, 0.25) is 0 Å². The summed E-state index contributed by atoms with van der Waals surface area (Å²) in [6.45, 7) is 4.15. The summed E-state index contributed by atoms with van der Waals surface area (Å²) in [4.78, 5) is 15.9. The minimum atomic E-state index is -0.415. The molecule has 0 aliphatic carbocycles. The van der Waals surface area contributed by atoms with Crippen LogP contribution >= 0.6 is 11.8 Å². The van der Waals surface area contributed by atoms with E-state index in [4.69, 9.17) is 10.5 Å². The minimum absolute atomic E-state index is 0.250. The Hall–Kier alpha value is -1.43. The molecule has 0 bridgehead atoms. The van der Waals surface area contributed by atoms with Gasteiger partial charge < -0.3 is 15.8 Å². The number of nitrogen functional groups attached to an aromatic ring is 1. The number of carbonyl (C=O) groups excluding carboxylic acids is 1. The average Bonchev–Trinajstić information content (AvgIpc) is 2.39. The second kappa shape index (κ2) is 7.89. The maximum absolute atomic E-state index is 11.7. The largest absolute Gasteiger partial charge is 0.462 e.